The molecule has 0 aliphatic carbocycles. The molecular weight excluding hydrogens is 209 g/mol. The van der Waals surface area contributed by atoms with E-state index in [1.807, 2.05) is 6.92 Å². The number of carbonyl (C=O) groups is 1. The van der Waals surface area contributed by atoms with Gasteiger partial charge in [-0.05, 0) is 12.8 Å². The highest BCUT2D eigenvalue weighted by Gasteiger charge is 2.11. The molecule has 0 heterocycles. The fraction of sp³-hybridized carbons (Fsp3) is 0.917. The van der Waals surface area contributed by atoms with E-state index in [1.54, 1.807) is 0 Å². The maximum atomic E-state index is 13.1. The van der Waals surface area contributed by atoms with E-state index in [2.05, 4.69) is 17.0 Å². The van der Waals surface area contributed by atoms with Crippen LogP contribution in [0.2, 0.25) is 0 Å². The van der Waals surface area contributed by atoms with Crippen LogP contribution >= 0.6 is 0 Å². The van der Waals surface area contributed by atoms with Crippen molar-refractivity contribution in [1.29, 1.82) is 0 Å². The predicted molar refractivity (Wildman–Crippen MR) is 63.0 cm³/mol. The van der Waals surface area contributed by atoms with Gasteiger partial charge in [0.1, 0.15) is 0 Å². The van der Waals surface area contributed by atoms with Crippen LogP contribution in [0.5, 0.6) is 0 Å². The van der Waals surface area contributed by atoms with Gasteiger partial charge < -0.3 is 10.1 Å². The van der Waals surface area contributed by atoms with Gasteiger partial charge in [0, 0.05) is 13.0 Å². The zero-order chi connectivity index (χ0) is 12.2. The fourth-order valence-corrected chi connectivity index (χ4v) is 1.32. The van der Waals surface area contributed by atoms with E-state index in [4.69, 9.17) is 0 Å². The van der Waals surface area contributed by atoms with E-state index >= 15 is 0 Å². The molecule has 0 bridgehead atoms. The standard InChI is InChI=1S/C12H24FNO2/c1-3-5-7-8-9-11(13)16-12(15)14-10-6-4-2/h11H,3-10H2,1-2H3,(H,14,15). The molecule has 0 aromatic rings. The minimum atomic E-state index is -1.46. The normalized spacial score (nSPS) is 12.2. The van der Waals surface area contributed by atoms with Crippen molar-refractivity contribution < 1.29 is 13.9 Å². The maximum Gasteiger partial charge on any atom is 0.409 e. The molecule has 0 aliphatic rings. The second kappa shape index (κ2) is 10.7. The summed E-state index contributed by atoms with van der Waals surface area (Å²) in [6, 6.07) is 0. The van der Waals surface area contributed by atoms with Crippen molar-refractivity contribution in [2.45, 2.75) is 65.2 Å². The summed E-state index contributed by atoms with van der Waals surface area (Å²) < 4.78 is 17.7. The van der Waals surface area contributed by atoms with E-state index in [-0.39, 0.29) is 0 Å². The predicted octanol–water partition coefficient (Wildman–Crippen LogP) is 3.78. The number of unbranched alkanes of at least 4 members (excludes halogenated alkanes) is 4. The molecule has 1 N–H and O–H groups in total. The lowest BCUT2D eigenvalue weighted by molar-refractivity contribution is 0.00701. The molecule has 1 unspecified atom stereocenters. The quantitative estimate of drug-likeness (QED) is 0.615. The summed E-state index contributed by atoms with van der Waals surface area (Å²) in [5.41, 5.74) is 0. The molecule has 0 aromatic heterocycles. The van der Waals surface area contributed by atoms with Crippen LogP contribution in [0, 0.1) is 0 Å². The third-order valence-corrected chi connectivity index (χ3v) is 2.32. The zero-order valence-electron chi connectivity index (χ0n) is 10.4. The van der Waals surface area contributed by atoms with Crippen LogP contribution in [-0.4, -0.2) is 19.0 Å². The highest BCUT2D eigenvalue weighted by molar-refractivity contribution is 5.67. The van der Waals surface area contributed by atoms with E-state index in [1.165, 1.54) is 0 Å². The van der Waals surface area contributed by atoms with Gasteiger partial charge in [0.15, 0.2) is 0 Å². The monoisotopic (exact) mass is 233 g/mol. The summed E-state index contributed by atoms with van der Waals surface area (Å²) in [6.07, 6.45) is 4.09. The Hall–Kier alpha value is -0.800. The first-order valence-electron chi connectivity index (χ1n) is 6.29. The van der Waals surface area contributed by atoms with Crippen LogP contribution in [0.3, 0.4) is 0 Å². The lowest BCUT2D eigenvalue weighted by atomic mass is 10.1. The molecule has 0 spiro atoms. The Kier molecular flexibility index (Phi) is 10.2. The number of amides is 1. The molecule has 0 fully saturated rings. The summed E-state index contributed by atoms with van der Waals surface area (Å²) >= 11 is 0. The van der Waals surface area contributed by atoms with E-state index in [0.29, 0.717) is 13.0 Å². The van der Waals surface area contributed by atoms with Crippen LogP contribution in [0.25, 0.3) is 0 Å². The van der Waals surface area contributed by atoms with Crippen LogP contribution < -0.4 is 5.32 Å². The number of alkyl halides is 1. The molecular formula is C12H24FNO2. The van der Waals surface area contributed by atoms with Crippen molar-refractivity contribution in [3.05, 3.63) is 0 Å². The van der Waals surface area contributed by atoms with Crippen LogP contribution in [0.1, 0.15) is 58.8 Å². The summed E-state index contributed by atoms with van der Waals surface area (Å²) in [4.78, 5) is 11.0. The smallest absolute Gasteiger partial charge is 0.409 e. The van der Waals surface area contributed by atoms with Crippen molar-refractivity contribution >= 4 is 6.09 Å². The largest absolute Gasteiger partial charge is 0.415 e. The van der Waals surface area contributed by atoms with Gasteiger partial charge in [-0.2, -0.15) is 0 Å². The number of halogens is 1. The van der Waals surface area contributed by atoms with Gasteiger partial charge in [0.05, 0.1) is 0 Å². The third-order valence-electron chi connectivity index (χ3n) is 2.32. The SMILES string of the molecule is CCCCCCC(F)OC(=O)NCCCC. The number of nitrogens with one attached hydrogen (secondary N) is 1. The van der Waals surface area contributed by atoms with Gasteiger partial charge >= 0.3 is 6.09 Å². The number of ether oxygens (including phenoxy) is 1. The van der Waals surface area contributed by atoms with E-state index in [0.717, 1.165) is 38.5 Å². The first-order chi connectivity index (χ1) is 7.70. The third kappa shape index (κ3) is 9.74. The van der Waals surface area contributed by atoms with Gasteiger partial charge in [-0.15, -0.1) is 0 Å². The fourth-order valence-electron chi connectivity index (χ4n) is 1.32. The molecule has 0 saturated heterocycles. The lowest BCUT2D eigenvalue weighted by Crippen LogP contribution is -2.28. The molecule has 0 saturated carbocycles. The number of carbonyl (C=O) groups excluding carboxylic acids is 1. The molecule has 1 amide bonds. The number of hydrogen-bond donors (Lipinski definition) is 1. The van der Waals surface area contributed by atoms with Crippen molar-refractivity contribution in [2.24, 2.45) is 0 Å². The number of alkyl carbamates (subject to hydrolysis) is 1. The van der Waals surface area contributed by atoms with Crippen LogP contribution in [0.4, 0.5) is 9.18 Å². The molecule has 4 heteroatoms. The zero-order valence-corrected chi connectivity index (χ0v) is 10.4. The average Bonchev–Trinajstić information content (AvgIpc) is 2.25. The Morgan fingerprint density at radius 1 is 1.19 bits per heavy atom. The highest BCUT2D eigenvalue weighted by Crippen LogP contribution is 2.09. The summed E-state index contributed by atoms with van der Waals surface area (Å²) in [7, 11) is 0. The Labute approximate surface area is 97.7 Å². The van der Waals surface area contributed by atoms with E-state index in [9.17, 15) is 9.18 Å². The molecule has 0 aliphatic heterocycles. The van der Waals surface area contributed by atoms with Gasteiger partial charge in [-0.3, -0.25) is 0 Å². The lowest BCUT2D eigenvalue weighted by Gasteiger charge is -2.10. The number of hydrogen-bond acceptors (Lipinski definition) is 2. The Morgan fingerprint density at radius 2 is 1.88 bits per heavy atom. The topological polar surface area (TPSA) is 38.3 Å². The average molecular weight is 233 g/mol. The van der Waals surface area contributed by atoms with Crippen molar-refractivity contribution in [2.75, 3.05) is 6.54 Å². The Morgan fingerprint density at radius 3 is 2.50 bits per heavy atom. The van der Waals surface area contributed by atoms with Gasteiger partial charge in [-0.25, -0.2) is 9.18 Å². The molecule has 0 aromatic carbocycles. The molecule has 3 nitrogen and oxygen atoms in total. The second-order valence-corrected chi connectivity index (χ2v) is 3.95. The minimum Gasteiger partial charge on any atom is -0.415 e. The van der Waals surface area contributed by atoms with Crippen molar-refractivity contribution in [1.82, 2.24) is 5.32 Å². The first-order valence-corrected chi connectivity index (χ1v) is 6.29. The molecule has 0 rings (SSSR count). The highest BCUT2D eigenvalue weighted by atomic mass is 19.1. The van der Waals surface area contributed by atoms with E-state index < -0.39 is 12.5 Å². The number of rotatable bonds is 9. The first kappa shape index (κ1) is 15.2. The molecule has 0 radical (unpaired) electrons. The minimum absolute atomic E-state index is 0.307. The summed E-state index contributed by atoms with van der Waals surface area (Å²) in [6.45, 7) is 4.68. The Balaban J connectivity index is 3.39. The maximum absolute atomic E-state index is 13.1. The summed E-state index contributed by atoms with van der Waals surface area (Å²) in [5, 5.41) is 2.51. The van der Waals surface area contributed by atoms with Crippen molar-refractivity contribution in [3.63, 3.8) is 0 Å². The molecule has 1 atom stereocenters. The second-order valence-electron chi connectivity index (χ2n) is 3.95. The van der Waals surface area contributed by atoms with Gasteiger partial charge in [-0.1, -0.05) is 39.5 Å². The van der Waals surface area contributed by atoms with Crippen LogP contribution in [-0.2, 0) is 4.74 Å². The van der Waals surface area contributed by atoms with Crippen LogP contribution in [0.15, 0.2) is 0 Å². The summed E-state index contributed by atoms with van der Waals surface area (Å²) in [5.74, 6) is 0. The Bertz CT molecular complexity index is 176. The molecule has 96 valence electrons. The van der Waals surface area contributed by atoms with Crippen molar-refractivity contribution in [3.8, 4) is 0 Å². The van der Waals surface area contributed by atoms with Gasteiger partial charge in [0.2, 0.25) is 6.36 Å². The molecule has 16 heavy (non-hydrogen) atoms. The van der Waals surface area contributed by atoms with Gasteiger partial charge in [0.25, 0.3) is 0 Å².